The standard InChI is InChI=1S/C28H32N2O5/c1-4-19-11-13-20(14-12-19)26(27(31)29-21-8-5-6-9-21)30(28(32)24-10-7-17-35-24)22-15-16-23(33-2)25(18-22)34-3/h7,10-18,21,26H,4-6,8-9H2,1-3H3,(H,29,31). The Hall–Kier alpha value is -3.74. The second-order valence-corrected chi connectivity index (χ2v) is 8.68. The van der Waals surface area contributed by atoms with E-state index in [1.807, 2.05) is 24.3 Å². The zero-order valence-electron chi connectivity index (χ0n) is 20.5. The van der Waals surface area contributed by atoms with Crippen LogP contribution in [0.2, 0.25) is 0 Å². The van der Waals surface area contributed by atoms with Crippen LogP contribution in [0.15, 0.2) is 65.3 Å². The molecule has 1 fully saturated rings. The number of nitrogens with one attached hydrogen (secondary N) is 1. The number of aryl methyl sites for hydroxylation is 1. The topological polar surface area (TPSA) is 81.0 Å². The van der Waals surface area contributed by atoms with Gasteiger partial charge in [-0.05, 0) is 54.7 Å². The third kappa shape index (κ3) is 5.34. The Morgan fingerprint density at radius 2 is 1.74 bits per heavy atom. The van der Waals surface area contributed by atoms with Gasteiger partial charge in [0.05, 0.1) is 20.5 Å². The Bertz CT molecular complexity index is 1130. The molecule has 1 N–H and O–H groups in total. The number of carbonyl (C=O) groups excluding carboxylic acids is 2. The van der Waals surface area contributed by atoms with Gasteiger partial charge in [-0.1, -0.05) is 44.0 Å². The monoisotopic (exact) mass is 476 g/mol. The Morgan fingerprint density at radius 1 is 1.03 bits per heavy atom. The lowest BCUT2D eigenvalue weighted by Crippen LogP contribution is -2.46. The average Bonchev–Trinajstić information content (AvgIpc) is 3.61. The van der Waals surface area contributed by atoms with Crippen molar-refractivity contribution >= 4 is 17.5 Å². The van der Waals surface area contributed by atoms with Crippen LogP contribution >= 0.6 is 0 Å². The van der Waals surface area contributed by atoms with Gasteiger partial charge >= 0.3 is 0 Å². The first-order valence-corrected chi connectivity index (χ1v) is 12.0. The molecule has 7 heteroatoms. The van der Waals surface area contributed by atoms with Gasteiger partial charge in [0.15, 0.2) is 17.3 Å². The molecule has 1 aliphatic carbocycles. The summed E-state index contributed by atoms with van der Waals surface area (Å²) in [4.78, 5) is 29.1. The van der Waals surface area contributed by atoms with Crippen LogP contribution in [0.1, 0.15) is 60.3 Å². The fourth-order valence-electron chi connectivity index (χ4n) is 4.58. The van der Waals surface area contributed by atoms with E-state index < -0.39 is 11.9 Å². The molecule has 1 saturated carbocycles. The van der Waals surface area contributed by atoms with Crippen molar-refractivity contribution in [1.82, 2.24) is 5.32 Å². The number of furan rings is 1. The highest BCUT2D eigenvalue weighted by Crippen LogP contribution is 2.36. The maximum absolute atomic E-state index is 13.8. The number of hydrogen-bond acceptors (Lipinski definition) is 5. The molecule has 3 aromatic rings. The Kier molecular flexibility index (Phi) is 7.75. The molecule has 1 aromatic heterocycles. The van der Waals surface area contributed by atoms with Crippen LogP contribution in [0.25, 0.3) is 0 Å². The van der Waals surface area contributed by atoms with Crippen LogP contribution in [-0.2, 0) is 11.2 Å². The zero-order valence-corrected chi connectivity index (χ0v) is 20.5. The second-order valence-electron chi connectivity index (χ2n) is 8.68. The highest BCUT2D eigenvalue weighted by molar-refractivity contribution is 6.08. The van der Waals surface area contributed by atoms with Gasteiger partial charge in [0.1, 0.15) is 6.04 Å². The van der Waals surface area contributed by atoms with Gasteiger partial charge in [0, 0.05) is 17.8 Å². The van der Waals surface area contributed by atoms with Crippen molar-refractivity contribution in [3.8, 4) is 11.5 Å². The number of anilines is 1. The van der Waals surface area contributed by atoms with Crippen LogP contribution in [0.3, 0.4) is 0 Å². The van der Waals surface area contributed by atoms with Crippen molar-refractivity contribution in [3.63, 3.8) is 0 Å². The minimum Gasteiger partial charge on any atom is -0.493 e. The van der Waals surface area contributed by atoms with Gasteiger partial charge in [-0.3, -0.25) is 14.5 Å². The minimum absolute atomic E-state index is 0.103. The first-order chi connectivity index (χ1) is 17.0. The summed E-state index contributed by atoms with van der Waals surface area (Å²) in [5.41, 5.74) is 2.36. The Morgan fingerprint density at radius 3 is 2.34 bits per heavy atom. The lowest BCUT2D eigenvalue weighted by molar-refractivity contribution is -0.123. The van der Waals surface area contributed by atoms with E-state index >= 15 is 0 Å². The van der Waals surface area contributed by atoms with Crippen LogP contribution in [-0.4, -0.2) is 32.1 Å². The number of ether oxygens (including phenoxy) is 2. The summed E-state index contributed by atoms with van der Waals surface area (Å²) >= 11 is 0. The van der Waals surface area contributed by atoms with Crippen molar-refractivity contribution in [2.45, 2.75) is 51.1 Å². The normalized spacial score (nSPS) is 14.4. The first kappa shape index (κ1) is 24.4. The van der Waals surface area contributed by atoms with E-state index in [9.17, 15) is 9.59 Å². The smallest absolute Gasteiger partial charge is 0.294 e. The third-order valence-corrected chi connectivity index (χ3v) is 6.51. The Labute approximate surface area is 206 Å². The lowest BCUT2D eigenvalue weighted by atomic mass is 9.99. The van der Waals surface area contributed by atoms with Crippen molar-refractivity contribution in [3.05, 3.63) is 77.7 Å². The van der Waals surface area contributed by atoms with Crippen LogP contribution < -0.4 is 19.7 Å². The molecular formula is C28H32N2O5. The number of amides is 2. The quantitative estimate of drug-likeness (QED) is 0.453. The second kappa shape index (κ2) is 11.1. The summed E-state index contributed by atoms with van der Waals surface area (Å²) in [5.74, 6) is 0.479. The predicted molar refractivity (Wildman–Crippen MR) is 134 cm³/mol. The third-order valence-electron chi connectivity index (χ3n) is 6.51. The van der Waals surface area contributed by atoms with Crippen molar-refractivity contribution in [2.24, 2.45) is 0 Å². The number of methoxy groups -OCH3 is 2. The predicted octanol–water partition coefficient (Wildman–Crippen LogP) is 5.31. The maximum atomic E-state index is 13.8. The fraction of sp³-hybridized carbons (Fsp3) is 0.357. The number of hydrogen-bond donors (Lipinski definition) is 1. The molecule has 184 valence electrons. The summed E-state index contributed by atoms with van der Waals surface area (Å²) in [6, 6.07) is 15.5. The molecule has 0 radical (unpaired) electrons. The lowest BCUT2D eigenvalue weighted by Gasteiger charge is -2.32. The van der Waals surface area contributed by atoms with Crippen LogP contribution in [0, 0.1) is 0 Å². The summed E-state index contributed by atoms with van der Waals surface area (Å²) < 4.78 is 16.3. The first-order valence-electron chi connectivity index (χ1n) is 12.0. The summed E-state index contributed by atoms with van der Waals surface area (Å²) in [6.45, 7) is 2.08. The largest absolute Gasteiger partial charge is 0.493 e. The molecule has 35 heavy (non-hydrogen) atoms. The number of carbonyl (C=O) groups is 2. The van der Waals surface area contributed by atoms with Gasteiger partial charge in [-0.2, -0.15) is 0 Å². The van der Waals surface area contributed by atoms with Crippen molar-refractivity contribution in [1.29, 1.82) is 0 Å². The molecule has 4 rings (SSSR count). The number of nitrogens with zero attached hydrogens (tertiary/aromatic N) is 1. The summed E-state index contributed by atoms with van der Waals surface area (Å²) in [5, 5.41) is 3.19. The van der Waals surface area contributed by atoms with Gasteiger partial charge < -0.3 is 19.2 Å². The molecule has 0 spiro atoms. The molecule has 1 unspecified atom stereocenters. The fourth-order valence-corrected chi connectivity index (χ4v) is 4.58. The van der Waals surface area contributed by atoms with Gasteiger partial charge in [-0.25, -0.2) is 0 Å². The molecule has 0 aliphatic heterocycles. The molecule has 1 atom stereocenters. The van der Waals surface area contributed by atoms with E-state index in [-0.39, 0.29) is 17.7 Å². The number of benzene rings is 2. The number of rotatable bonds is 9. The molecule has 0 bridgehead atoms. The van der Waals surface area contributed by atoms with Gasteiger partial charge in [0.25, 0.3) is 5.91 Å². The maximum Gasteiger partial charge on any atom is 0.294 e. The Balaban J connectivity index is 1.83. The average molecular weight is 477 g/mol. The molecule has 0 saturated heterocycles. The molecule has 2 aromatic carbocycles. The van der Waals surface area contributed by atoms with Gasteiger partial charge in [0.2, 0.25) is 5.91 Å². The molecule has 2 amide bonds. The SMILES string of the molecule is CCc1ccc(C(C(=O)NC2CCCC2)N(C(=O)c2ccco2)c2ccc(OC)c(OC)c2)cc1. The molecule has 1 aliphatic rings. The van der Waals surface area contributed by atoms with E-state index in [0.29, 0.717) is 22.7 Å². The van der Waals surface area contributed by atoms with E-state index in [1.54, 1.807) is 37.4 Å². The molecule has 1 heterocycles. The van der Waals surface area contributed by atoms with Crippen LogP contribution in [0.5, 0.6) is 11.5 Å². The zero-order chi connectivity index (χ0) is 24.8. The van der Waals surface area contributed by atoms with E-state index in [2.05, 4.69) is 12.2 Å². The highest BCUT2D eigenvalue weighted by atomic mass is 16.5. The highest BCUT2D eigenvalue weighted by Gasteiger charge is 2.36. The minimum atomic E-state index is -0.905. The molecular weight excluding hydrogens is 444 g/mol. The summed E-state index contributed by atoms with van der Waals surface area (Å²) in [6.07, 6.45) is 6.39. The van der Waals surface area contributed by atoms with E-state index in [1.165, 1.54) is 18.3 Å². The van der Waals surface area contributed by atoms with E-state index in [4.69, 9.17) is 13.9 Å². The molecule has 7 nitrogen and oxygen atoms in total. The van der Waals surface area contributed by atoms with Crippen LogP contribution in [0.4, 0.5) is 5.69 Å². The van der Waals surface area contributed by atoms with Crippen molar-refractivity contribution < 1.29 is 23.5 Å². The van der Waals surface area contributed by atoms with E-state index in [0.717, 1.165) is 37.7 Å². The van der Waals surface area contributed by atoms with Crippen molar-refractivity contribution in [2.75, 3.05) is 19.1 Å². The summed E-state index contributed by atoms with van der Waals surface area (Å²) in [7, 11) is 3.09. The van der Waals surface area contributed by atoms with Gasteiger partial charge in [-0.15, -0.1) is 0 Å².